The SMILES string of the molecule is CCNC(=NCc1nnc2n1CCCC2)NCCc1ccc(NC(=O)OC(C)(C)C)cc1.I. The van der Waals surface area contributed by atoms with Gasteiger partial charge in [0.25, 0.3) is 0 Å². The number of rotatable bonds is 7. The van der Waals surface area contributed by atoms with Crippen LogP contribution < -0.4 is 16.0 Å². The average Bonchev–Trinajstić information content (AvgIpc) is 3.15. The fourth-order valence-electron chi connectivity index (χ4n) is 3.48. The molecule has 10 heteroatoms. The van der Waals surface area contributed by atoms with E-state index in [0.717, 1.165) is 55.6 Å². The summed E-state index contributed by atoms with van der Waals surface area (Å²) in [5, 5.41) is 18.0. The summed E-state index contributed by atoms with van der Waals surface area (Å²) in [6, 6.07) is 7.77. The Balaban J connectivity index is 0.00000385. The van der Waals surface area contributed by atoms with Gasteiger partial charge in [0.05, 0.1) is 0 Å². The number of benzene rings is 1. The highest BCUT2D eigenvalue weighted by Crippen LogP contribution is 2.15. The standard InChI is InChI=1S/C23H35N7O2.HI/c1-5-24-21(26-16-20-29-28-19-8-6-7-15-30(19)20)25-14-13-17-9-11-18(12-10-17)27-22(31)32-23(2,3)4;/h9-12H,5-8,13-16H2,1-4H3,(H,27,31)(H2,24,25,26);1H. The zero-order valence-electron chi connectivity index (χ0n) is 20.0. The first-order valence-corrected chi connectivity index (χ1v) is 11.4. The van der Waals surface area contributed by atoms with Crippen LogP contribution in [0.3, 0.4) is 0 Å². The van der Waals surface area contributed by atoms with Gasteiger partial charge >= 0.3 is 6.09 Å². The molecule has 1 aromatic carbocycles. The van der Waals surface area contributed by atoms with Crippen molar-refractivity contribution in [3.05, 3.63) is 41.5 Å². The molecule has 0 atom stereocenters. The molecule has 0 radical (unpaired) electrons. The number of aryl methyl sites for hydroxylation is 1. The number of guanidine groups is 1. The van der Waals surface area contributed by atoms with Gasteiger partial charge in [0, 0.05) is 31.7 Å². The normalized spacial score (nSPS) is 13.5. The van der Waals surface area contributed by atoms with Crippen molar-refractivity contribution < 1.29 is 9.53 Å². The summed E-state index contributed by atoms with van der Waals surface area (Å²) in [6.07, 6.45) is 3.74. The van der Waals surface area contributed by atoms with Gasteiger partial charge < -0.3 is 19.9 Å². The number of halogens is 1. The number of amides is 1. The number of anilines is 1. The van der Waals surface area contributed by atoms with E-state index in [1.54, 1.807) is 0 Å². The van der Waals surface area contributed by atoms with Crippen LogP contribution in [0.5, 0.6) is 0 Å². The summed E-state index contributed by atoms with van der Waals surface area (Å²) in [5.74, 6) is 2.76. The Morgan fingerprint density at radius 3 is 2.61 bits per heavy atom. The van der Waals surface area contributed by atoms with Gasteiger partial charge in [-0.15, -0.1) is 34.2 Å². The zero-order chi connectivity index (χ0) is 23.0. The minimum Gasteiger partial charge on any atom is -0.444 e. The molecule has 33 heavy (non-hydrogen) atoms. The van der Waals surface area contributed by atoms with E-state index in [1.165, 1.54) is 12.8 Å². The fraction of sp³-hybridized carbons (Fsp3) is 0.565. The molecule has 0 fully saturated rings. The highest BCUT2D eigenvalue weighted by atomic mass is 127. The lowest BCUT2D eigenvalue weighted by Crippen LogP contribution is -2.38. The lowest BCUT2D eigenvalue weighted by Gasteiger charge is -2.19. The van der Waals surface area contributed by atoms with Crippen LogP contribution in [0.2, 0.25) is 0 Å². The summed E-state index contributed by atoms with van der Waals surface area (Å²) in [5.41, 5.74) is 1.35. The molecule has 2 aromatic rings. The maximum Gasteiger partial charge on any atom is 0.412 e. The van der Waals surface area contributed by atoms with E-state index < -0.39 is 11.7 Å². The van der Waals surface area contributed by atoms with Gasteiger partial charge in [0.1, 0.15) is 18.0 Å². The number of carbonyl (C=O) groups is 1. The van der Waals surface area contributed by atoms with Crippen molar-refractivity contribution in [1.82, 2.24) is 25.4 Å². The molecule has 3 rings (SSSR count). The third kappa shape index (κ3) is 8.82. The topological polar surface area (TPSA) is 105 Å². The summed E-state index contributed by atoms with van der Waals surface area (Å²) >= 11 is 0. The number of hydrogen-bond donors (Lipinski definition) is 3. The predicted molar refractivity (Wildman–Crippen MR) is 141 cm³/mol. The molecule has 182 valence electrons. The fourth-order valence-corrected chi connectivity index (χ4v) is 3.48. The number of nitrogens with one attached hydrogen (secondary N) is 3. The molecule has 1 amide bonds. The molecule has 0 spiro atoms. The van der Waals surface area contributed by atoms with Crippen molar-refractivity contribution in [3.8, 4) is 0 Å². The Morgan fingerprint density at radius 1 is 1.15 bits per heavy atom. The van der Waals surface area contributed by atoms with Crippen LogP contribution in [0.25, 0.3) is 0 Å². The first kappa shape index (κ1) is 26.9. The van der Waals surface area contributed by atoms with E-state index >= 15 is 0 Å². The number of nitrogens with zero attached hydrogens (tertiary/aromatic N) is 4. The molecule has 0 saturated carbocycles. The smallest absolute Gasteiger partial charge is 0.412 e. The number of aromatic nitrogens is 3. The summed E-state index contributed by atoms with van der Waals surface area (Å²) in [6.45, 7) is 10.6. The molecule has 9 nitrogen and oxygen atoms in total. The molecule has 1 aliphatic heterocycles. The van der Waals surface area contributed by atoms with Crippen LogP contribution in [0.1, 0.15) is 57.7 Å². The van der Waals surface area contributed by atoms with Crippen molar-refractivity contribution in [3.63, 3.8) is 0 Å². The van der Waals surface area contributed by atoms with Gasteiger partial charge in [0.15, 0.2) is 11.8 Å². The monoisotopic (exact) mass is 569 g/mol. The van der Waals surface area contributed by atoms with Crippen molar-refractivity contribution in [2.75, 3.05) is 18.4 Å². The molecule has 2 heterocycles. The average molecular weight is 569 g/mol. The molecule has 0 aliphatic carbocycles. The highest BCUT2D eigenvalue weighted by molar-refractivity contribution is 14.0. The number of hydrogen-bond acceptors (Lipinski definition) is 5. The Hall–Kier alpha value is -2.37. The molecule has 0 unspecified atom stereocenters. The van der Waals surface area contributed by atoms with Crippen LogP contribution in [0.4, 0.5) is 10.5 Å². The van der Waals surface area contributed by atoms with E-state index in [1.807, 2.05) is 52.0 Å². The quantitative estimate of drug-likeness (QED) is 0.266. The van der Waals surface area contributed by atoms with Crippen molar-refractivity contribution in [2.24, 2.45) is 4.99 Å². The molecule has 1 aromatic heterocycles. The van der Waals surface area contributed by atoms with Crippen molar-refractivity contribution in [1.29, 1.82) is 0 Å². The van der Waals surface area contributed by atoms with E-state index in [-0.39, 0.29) is 24.0 Å². The van der Waals surface area contributed by atoms with Crippen LogP contribution in [-0.4, -0.2) is 45.5 Å². The maximum atomic E-state index is 11.9. The predicted octanol–water partition coefficient (Wildman–Crippen LogP) is 3.88. The first-order chi connectivity index (χ1) is 15.3. The van der Waals surface area contributed by atoms with Crippen LogP contribution >= 0.6 is 24.0 Å². The van der Waals surface area contributed by atoms with Gasteiger partial charge in [-0.2, -0.15) is 0 Å². The molecular weight excluding hydrogens is 533 g/mol. The lowest BCUT2D eigenvalue weighted by molar-refractivity contribution is 0.0636. The van der Waals surface area contributed by atoms with Crippen molar-refractivity contribution in [2.45, 2.75) is 72.1 Å². The second kappa shape index (κ2) is 12.8. The van der Waals surface area contributed by atoms with E-state index in [9.17, 15) is 4.79 Å². The second-order valence-electron chi connectivity index (χ2n) is 8.84. The van der Waals surface area contributed by atoms with Gasteiger partial charge in [-0.1, -0.05) is 12.1 Å². The minimum atomic E-state index is -0.519. The van der Waals surface area contributed by atoms with E-state index in [2.05, 4.69) is 35.7 Å². The second-order valence-corrected chi connectivity index (χ2v) is 8.84. The van der Waals surface area contributed by atoms with Crippen LogP contribution in [0, 0.1) is 0 Å². The first-order valence-electron chi connectivity index (χ1n) is 11.4. The zero-order valence-corrected chi connectivity index (χ0v) is 22.3. The maximum absolute atomic E-state index is 11.9. The van der Waals surface area contributed by atoms with E-state index in [4.69, 9.17) is 4.74 Å². The van der Waals surface area contributed by atoms with Crippen LogP contribution in [0.15, 0.2) is 29.3 Å². The summed E-state index contributed by atoms with van der Waals surface area (Å²) in [4.78, 5) is 16.6. The van der Waals surface area contributed by atoms with Gasteiger partial charge in [0.2, 0.25) is 0 Å². The molecule has 0 saturated heterocycles. The van der Waals surface area contributed by atoms with Gasteiger partial charge in [-0.3, -0.25) is 5.32 Å². The Kier molecular flexibility index (Phi) is 10.4. The molecule has 3 N–H and O–H groups in total. The number of fused-ring (bicyclic) bond motifs is 1. The molecule has 0 bridgehead atoms. The van der Waals surface area contributed by atoms with Gasteiger partial charge in [-0.05, 0) is 64.7 Å². The largest absolute Gasteiger partial charge is 0.444 e. The lowest BCUT2D eigenvalue weighted by atomic mass is 10.1. The third-order valence-corrected chi connectivity index (χ3v) is 4.96. The minimum absolute atomic E-state index is 0. The Morgan fingerprint density at radius 2 is 1.91 bits per heavy atom. The Labute approximate surface area is 213 Å². The van der Waals surface area contributed by atoms with Crippen LogP contribution in [-0.2, 0) is 30.7 Å². The number of carbonyl (C=O) groups excluding carboxylic acids is 1. The van der Waals surface area contributed by atoms with Crippen molar-refractivity contribution >= 4 is 41.7 Å². The Bertz CT molecular complexity index is 920. The number of aliphatic imine (C=N–C) groups is 1. The molecular formula is C23H36IN7O2. The summed E-state index contributed by atoms with van der Waals surface area (Å²) < 4.78 is 7.47. The third-order valence-electron chi connectivity index (χ3n) is 4.96. The highest BCUT2D eigenvalue weighted by Gasteiger charge is 2.16. The summed E-state index contributed by atoms with van der Waals surface area (Å²) in [7, 11) is 0. The van der Waals surface area contributed by atoms with Gasteiger partial charge in [-0.25, -0.2) is 9.79 Å². The molecule has 1 aliphatic rings. The number of ether oxygens (including phenoxy) is 1. The van der Waals surface area contributed by atoms with E-state index in [0.29, 0.717) is 12.2 Å².